The Kier molecular flexibility index (Phi) is 6.42. The van der Waals surface area contributed by atoms with Crippen LogP contribution in [0, 0.1) is 52.3 Å². The summed E-state index contributed by atoms with van der Waals surface area (Å²) in [5.74, 6) is 6.73. The summed E-state index contributed by atoms with van der Waals surface area (Å²) in [6, 6.07) is 0. The van der Waals surface area contributed by atoms with Crippen LogP contribution in [0.1, 0.15) is 119 Å². The van der Waals surface area contributed by atoms with E-state index in [0.29, 0.717) is 5.41 Å². The molecule has 0 bridgehead atoms. The average molecular weight is 415 g/mol. The first-order valence-electron chi connectivity index (χ1n) is 13.6. The van der Waals surface area contributed by atoms with Crippen LogP contribution in [-0.4, -0.2) is 5.11 Å². The van der Waals surface area contributed by atoms with Crippen LogP contribution in [0.2, 0.25) is 0 Å². The van der Waals surface area contributed by atoms with Crippen molar-refractivity contribution in [3.63, 3.8) is 0 Å². The van der Waals surface area contributed by atoms with Crippen molar-refractivity contribution in [2.24, 2.45) is 52.3 Å². The van der Waals surface area contributed by atoms with E-state index in [1.54, 1.807) is 0 Å². The lowest BCUT2D eigenvalue weighted by Gasteiger charge is -2.60. The second-order valence-corrected chi connectivity index (χ2v) is 12.8. The predicted octanol–water partition coefficient (Wildman–Crippen LogP) is 8.94. The maximum absolute atomic E-state index is 11.4. The molecule has 1 heteroatoms. The van der Waals surface area contributed by atoms with Gasteiger partial charge in [-0.25, -0.2) is 0 Å². The van der Waals surface area contributed by atoms with E-state index in [1.165, 1.54) is 69.8 Å². The van der Waals surface area contributed by atoms with E-state index in [2.05, 4.69) is 41.5 Å². The molecule has 1 nitrogen and oxygen atoms in total. The SMILES string of the molecule is CCC1=C(O)[C@@]2(C)C(CC1)CC[C@H]1[C@@H]3CC[C@H]([C@H](C)CCCC(C)C)[C@@]3(C)CC[C@@H]12. The van der Waals surface area contributed by atoms with Crippen molar-refractivity contribution in [1.29, 1.82) is 0 Å². The molecule has 1 N–H and O–H groups in total. The second kappa shape index (κ2) is 8.47. The number of fused-ring (bicyclic) bond motifs is 5. The number of rotatable bonds is 6. The van der Waals surface area contributed by atoms with Crippen molar-refractivity contribution in [2.75, 3.05) is 0 Å². The number of allylic oxidation sites excluding steroid dienone is 2. The molecule has 0 spiro atoms. The molecule has 1 unspecified atom stereocenters. The van der Waals surface area contributed by atoms with Crippen molar-refractivity contribution < 1.29 is 5.11 Å². The largest absolute Gasteiger partial charge is 0.512 e. The van der Waals surface area contributed by atoms with Crippen molar-refractivity contribution in [2.45, 2.75) is 119 Å². The second-order valence-electron chi connectivity index (χ2n) is 12.8. The van der Waals surface area contributed by atoms with Crippen molar-refractivity contribution >= 4 is 0 Å². The number of hydrogen-bond donors (Lipinski definition) is 1. The van der Waals surface area contributed by atoms with Gasteiger partial charge in [0.25, 0.3) is 0 Å². The van der Waals surface area contributed by atoms with Gasteiger partial charge in [0.1, 0.15) is 0 Å². The summed E-state index contributed by atoms with van der Waals surface area (Å²) in [6.45, 7) is 14.7. The first-order chi connectivity index (χ1) is 14.2. The molecule has 3 fully saturated rings. The van der Waals surface area contributed by atoms with Crippen LogP contribution in [0.5, 0.6) is 0 Å². The molecule has 30 heavy (non-hydrogen) atoms. The summed E-state index contributed by atoms with van der Waals surface area (Å²) >= 11 is 0. The molecule has 0 aromatic rings. The maximum atomic E-state index is 11.4. The molecule has 4 rings (SSSR count). The molecule has 172 valence electrons. The van der Waals surface area contributed by atoms with Gasteiger partial charge in [0.15, 0.2) is 0 Å². The van der Waals surface area contributed by atoms with E-state index in [0.717, 1.165) is 60.0 Å². The summed E-state index contributed by atoms with van der Waals surface area (Å²) in [7, 11) is 0. The number of hydrogen-bond acceptors (Lipinski definition) is 1. The molecular weight excluding hydrogens is 364 g/mol. The minimum atomic E-state index is 0.0782. The molecular formula is C29H50O. The maximum Gasteiger partial charge on any atom is 0.0978 e. The van der Waals surface area contributed by atoms with E-state index in [-0.39, 0.29) is 5.41 Å². The summed E-state index contributed by atoms with van der Waals surface area (Å²) in [4.78, 5) is 0. The van der Waals surface area contributed by atoms with Crippen LogP contribution in [0.25, 0.3) is 0 Å². The molecule has 8 atom stereocenters. The third kappa shape index (κ3) is 3.49. The molecule has 4 aliphatic carbocycles. The smallest absolute Gasteiger partial charge is 0.0978 e. The Balaban J connectivity index is 1.53. The van der Waals surface area contributed by atoms with Gasteiger partial charge in [-0.3, -0.25) is 0 Å². The van der Waals surface area contributed by atoms with Gasteiger partial charge < -0.3 is 5.11 Å². The Morgan fingerprint density at radius 2 is 1.70 bits per heavy atom. The van der Waals surface area contributed by atoms with E-state index in [4.69, 9.17) is 0 Å². The predicted molar refractivity (Wildman–Crippen MR) is 128 cm³/mol. The first kappa shape index (κ1) is 22.7. The van der Waals surface area contributed by atoms with E-state index in [1.807, 2.05) is 0 Å². The molecule has 0 amide bonds. The monoisotopic (exact) mass is 414 g/mol. The minimum Gasteiger partial charge on any atom is -0.512 e. The van der Waals surface area contributed by atoms with E-state index >= 15 is 0 Å². The molecule has 0 aromatic carbocycles. The van der Waals surface area contributed by atoms with Crippen molar-refractivity contribution in [3.05, 3.63) is 11.3 Å². The highest BCUT2D eigenvalue weighted by molar-refractivity contribution is 5.24. The van der Waals surface area contributed by atoms with E-state index in [9.17, 15) is 5.11 Å². The highest BCUT2D eigenvalue weighted by atomic mass is 16.3. The van der Waals surface area contributed by atoms with Gasteiger partial charge in [0, 0.05) is 5.41 Å². The molecule has 0 aromatic heterocycles. The van der Waals surface area contributed by atoms with Crippen LogP contribution in [0.3, 0.4) is 0 Å². The quantitative estimate of drug-likeness (QED) is 0.460. The molecule has 0 aliphatic heterocycles. The zero-order valence-electron chi connectivity index (χ0n) is 21.0. The van der Waals surface area contributed by atoms with Gasteiger partial charge in [-0.1, -0.05) is 60.8 Å². The average Bonchev–Trinajstić information content (AvgIpc) is 3.06. The van der Waals surface area contributed by atoms with Gasteiger partial charge in [0.2, 0.25) is 0 Å². The third-order valence-electron chi connectivity index (χ3n) is 11.2. The lowest BCUT2D eigenvalue weighted by Crippen LogP contribution is -2.54. The zero-order chi connectivity index (χ0) is 21.7. The fourth-order valence-corrected chi connectivity index (χ4v) is 9.46. The van der Waals surface area contributed by atoms with Gasteiger partial charge in [-0.05, 0) is 110 Å². The van der Waals surface area contributed by atoms with Gasteiger partial charge in [-0.15, -0.1) is 0 Å². The molecule has 4 aliphatic rings. The topological polar surface area (TPSA) is 20.2 Å². The van der Waals surface area contributed by atoms with Gasteiger partial charge in [-0.2, -0.15) is 0 Å². The lowest BCUT2D eigenvalue weighted by molar-refractivity contribution is -0.104. The van der Waals surface area contributed by atoms with Gasteiger partial charge >= 0.3 is 0 Å². The minimum absolute atomic E-state index is 0.0782. The fraction of sp³-hybridized carbons (Fsp3) is 0.931. The Morgan fingerprint density at radius 3 is 2.40 bits per heavy atom. The fourth-order valence-electron chi connectivity index (χ4n) is 9.46. The Labute approximate surface area is 187 Å². The summed E-state index contributed by atoms with van der Waals surface area (Å²) in [5.41, 5.74) is 2.02. The Bertz CT molecular complexity index is 647. The molecule has 3 saturated carbocycles. The van der Waals surface area contributed by atoms with Crippen LogP contribution < -0.4 is 0 Å². The zero-order valence-corrected chi connectivity index (χ0v) is 21.0. The number of aliphatic hydroxyl groups is 1. The van der Waals surface area contributed by atoms with Crippen molar-refractivity contribution in [3.8, 4) is 0 Å². The number of aliphatic hydroxyl groups excluding tert-OH is 1. The standard InChI is InChI=1S/C29H50O/c1-7-21-11-12-22-13-14-23-25-16-15-24(20(4)10-8-9-19(2)3)28(25,5)18-17-26(23)29(22,6)27(21)30/h19-20,22-26,30H,7-18H2,1-6H3/t20-,22?,23+,24-,25+,26+,28-,29+/m1/s1. The molecule has 0 saturated heterocycles. The molecule has 0 radical (unpaired) electrons. The highest BCUT2D eigenvalue weighted by Gasteiger charge is 2.61. The third-order valence-corrected chi connectivity index (χ3v) is 11.2. The first-order valence-corrected chi connectivity index (χ1v) is 13.6. The Hall–Kier alpha value is -0.460. The Morgan fingerprint density at radius 1 is 0.933 bits per heavy atom. The van der Waals surface area contributed by atoms with Gasteiger partial charge in [0.05, 0.1) is 5.76 Å². The van der Waals surface area contributed by atoms with Crippen LogP contribution in [0.15, 0.2) is 11.3 Å². The lowest BCUT2D eigenvalue weighted by atomic mass is 9.44. The summed E-state index contributed by atoms with van der Waals surface area (Å²) in [6.07, 6.45) is 16.3. The van der Waals surface area contributed by atoms with Crippen LogP contribution in [0.4, 0.5) is 0 Å². The summed E-state index contributed by atoms with van der Waals surface area (Å²) < 4.78 is 0. The summed E-state index contributed by atoms with van der Waals surface area (Å²) in [5, 5.41) is 11.4. The highest BCUT2D eigenvalue weighted by Crippen LogP contribution is 2.69. The van der Waals surface area contributed by atoms with Crippen molar-refractivity contribution in [1.82, 2.24) is 0 Å². The van der Waals surface area contributed by atoms with Crippen LogP contribution >= 0.6 is 0 Å². The van der Waals surface area contributed by atoms with E-state index < -0.39 is 0 Å². The van der Waals surface area contributed by atoms with Crippen LogP contribution in [-0.2, 0) is 0 Å². The molecule has 0 heterocycles. The normalized spacial score (nSPS) is 44.6.